The van der Waals surface area contributed by atoms with E-state index in [2.05, 4.69) is 75.4 Å². The molecule has 2 aromatic carbocycles. The van der Waals surface area contributed by atoms with E-state index in [4.69, 9.17) is 0 Å². The molecule has 1 saturated carbocycles. The molecule has 3 fully saturated rings. The number of piperidine rings is 1. The van der Waals surface area contributed by atoms with Gasteiger partial charge in [-0.05, 0) is 48.3 Å². The van der Waals surface area contributed by atoms with Gasteiger partial charge in [-0.3, -0.25) is 4.90 Å². The Hall–Kier alpha value is -1.84. The summed E-state index contributed by atoms with van der Waals surface area (Å²) >= 11 is 0. The lowest BCUT2D eigenvalue weighted by Gasteiger charge is -2.37. The predicted molar refractivity (Wildman–Crippen MR) is 117 cm³/mol. The van der Waals surface area contributed by atoms with E-state index in [9.17, 15) is 0 Å². The van der Waals surface area contributed by atoms with Crippen LogP contribution >= 0.6 is 0 Å². The van der Waals surface area contributed by atoms with Gasteiger partial charge in [0, 0.05) is 58.0 Å². The Morgan fingerprint density at radius 2 is 1.32 bits per heavy atom. The van der Waals surface area contributed by atoms with Crippen molar-refractivity contribution in [2.45, 2.75) is 25.8 Å². The molecule has 3 heteroatoms. The molecule has 0 amide bonds. The van der Waals surface area contributed by atoms with Crippen molar-refractivity contribution in [2.75, 3.05) is 50.7 Å². The SMILES string of the molecule is c1ccc(CN2CCN(CC3CC34CCN(c3ccccc3)CC4)CC2)cc1. The maximum Gasteiger partial charge on any atom is 0.0366 e. The number of piperazine rings is 1. The van der Waals surface area contributed by atoms with Crippen LogP contribution in [-0.2, 0) is 6.54 Å². The van der Waals surface area contributed by atoms with Crippen LogP contribution in [0.2, 0.25) is 0 Å². The summed E-state index contributed by atoms with van der Waals surface area (Å²) < 4.78 is 0. The Morgan fingerprint density at radius 3 is 2.00 bits per heavy atom. The van der Waals surface area contributed by atoms with Crippen LogP contribution in [0, 0.1) is 11.3 Å². The van der Waals surface area contributed by atoms with Crippen molar-refractivity contribution in [1.82, 2.24) is 9.80 Å². The summed E-state index contributed by atoms with van der Waals surface area (Å²) in [5.41, 5.74) is 3.53. The van der Waals surface area contributed by atoms with Crippen molar-refractivity contribution in [3.63, 3.8) is 0 Å². The van der Waals surface area contributed by atoms with Crippen LogP contribution in [-0.4, -0.2) is 55.6 Å². The summed E-state index contributed by atoms with van der Waals surface area (Å²) in [5.74, 6) is 0.950. The third-order valence-corrected chi connectivity index (χ3v) is 7.43. The number of rotatable bonds is 5. The molecule has 2 saturated heterocycles. The Balaban J connectivity index is 1.06. The van der Waals surface area contributed by atoms with Crippen molar-refractivity contribution in [3.05, 3.63) is 66.2 Å². The molecule has 2 aromatic rings. The van der Waals surface area contributed by atoms with Crippen molar-refractivity contribution >= 4 is 5.69 Å². The number of benzene rings is 2. The lowest BCUT2D eigenvalue weighted by atomic mass is 9.90. The Labute approximate surface area is 169 Å². The fourth-order valence-electron chi connectivity index (χ4n) is 5.43. The minimum absolute atomic E-state index is 0.673. The number of para-hydroxylation sites is 1. The summed E-state index contributed by atoms with van der Waals surface area (Å²) in [6, 6.07) is 21.9. The fourth-order valence-corrected chi connectivity index (χ4v) is 5.43. The highest BCUT2D eigenvalue weighted by atomic mass is 15.3. The zero-order valence-corrected chi connectivity index (χ0v) is 17.0. The first-order valence-corrected chi connectivity index (χ1v) is 11.1. The summed E-state index contributed by atoms with van der Waals surface area (Å²) in [6.07, 6.45) is 4.25. The summed E-state index contributed by atoms with van der Waals surface area (Å²) in [6.45, 7) is 9.86. The lowest BCUT2D eigenvalue weighted by Crippen LogP contribution is -2.47. The summed E-state index contributed by atoms with van der Waals surface area (Å²) in [7, 11) is 0. The van der Waals surface area contributed by atoms with Crippen LogP contribution < -0.4 is 4.90 Å². The molecule has 3 aliphatic rings. The number of nitrogens with zero attached hydrogens (tertiary/aromatic N) is 3. The normalized spacial score (nSPS) is 25.1. The Bertz CT molecular complexity index is 744. The van der Waals surface area contributed by atoms with Gasteiger partial charge >= 0.3 is 0 Å². The Kier molecular flexibility index (Phi) is 5.13. The number of hydrogen-bond acceptors (Lipinski definition) is 3. The van der Waals surface area contributed by atoms with Gasteiger partial charge in [-0.25, -0.2) is 0 Å². The molecule has 0 bridgehead atoms. The van der Waals surface area contributed by atoms with Gasteiger partial charge in [-0.1, -0.05) is 48.5 Å². The molecule has 3 nitrogen and oxygen atoms in total. The molecule has 0 aromatic heterocycles. The van der Waals surface area contributed by atoms with E-state index in [0.717, 1.165) is 12.5 Å². The molecular weight excluding hydrogens is 342 g/mol. The van der Waals surface area contributed by atoms with Crippen LogP contribution in [0.4, 0.5) is 5.69 Å². The zero-order valence-electron chi connectivity index (χ0n) is 17.0. The smallest absolute Gasteiger partial charge is 0.0366 e. The third kappa shape index (κ3) is 3.97. The van der Waals surface area contributed by atoms with Gasteiger partial charge in [-0.2, -0.15) is 0 Å². The molecule has 2 heterocycles. The fraction of sp³-hybridized carbons (Fsp3) is 0.520. The molecule has 1 atom stereocenters. The molecule has 1 spiro atoms. The topological polar surface area (TPSA) is 9.72 Å². The van der Waals surface area contributed by atoms with Crippen molar-refractivity contribution in [1.29, 1.82) is 0 Å². The standard InChI is InChI=1S/C25H33N3/c1-3-7-22(8-4-1)20-26-15-17-27(18-16-26)21-23-19-25(23)11-13-28(14-12-25)24-9-5-2-6-10-24/h1-10,23H,11-21H2. The van der Waals surface area contributed by atoms with Crippen molar-refractivity contribution < 1.29 is 0 Å². The van der Waals surface area contributed by atoms with Gasteiger partial charge in [0.05, 0.1) is 0 Å². The van der Waals surface area contributed by atoms with Crippen LogP contribution in [0.25, 0.3) is 0 Å². The minimum Gasteiger partial charge on any atom is -0.371 e. The second-order valence-electron chi connectivity index (χ2n) is 9.15. The molecule has 148 valence electrons. The van der Waals surface area contributed by atoms with E-state index < -0.39 is 0 Å². The first-order chi connectivity index (χ1) is 13.8. The van der Waals surface area contributed by atoms with Crippen molar-refractivity contribution in [3.8, 4) is 0 Å². The summed E-state index contributed by atoms with van der Waals surface area (Å²) in [5, 5.41) is 0. The van der Waals surface area contributed by atoms with E-state index >= 15 is 0 Å². The van der Waals surface area contributed by atoms with E-state index in [0.29, 0.717) is 5.41 Å². The molecule has 28 heavy (non-hydrogen) atoms. The zero-order chi connectivity index (χ0) is 18.8. The molecular formula is C25H33N3. The quantitative estimate of drug-likeness (QED) is 0.779. The van der Waals surface area contributed by atoms with E-state index in [-0.39, 0.29) is 0 Å². The monoisotopic (exact) mass is 375 g/mol. The van der Waals surface area contributed by atoms with E-state index in [1.807, 2.05) is 0 Å². The van der Waals surface area contributed by atoms with Crippen molar-refractivity contribution in [2.24, 2.45) is 11.3 Å². The highest BCUT2D eigenvalue weighted by Gasteiger charge is 2.54. The molecule has 2 aliphatic heterocycles. The highest BCUT2D eigenvalue weighted by Crippen LogP contribution is 2.59. The molecule has 0 radical (unpaired) electrons. The average molecular weight is 376 g/mol. The molecule has 0 N–H and O–H groups in total. The van der Waals surface area contributed by atoms with Gasteiger partial charge in [0.1, 0.15) is 0 Å². The Morgan fingerprint density at radius 1 is 0.714 bits per heavy atom. The third-order valence-electron chi connectivity index (χ3n) is 7.43. The van der Waals surface area contributed by atoms with E-state index in [1.165, 1.54) is 76.3 Å². The average Bonchev–Trinajstić information content (AvgIpc) is 3.42. The van der Waals surface area contributed by atoms with Gasteiger partial charge < -0.3 is 9.80 Å². The highest BCUT2D eigenvalue weighted by molar-refractivity contribution is 5.46. The van der Waals surface area contributed by atoms with Gasteiger partial charge in [0.15, 0.2) is 0 Å². The number of anilines is 1. The maximum absolute atomic E-state index is 2.74. The van der Waals surface area contributed by atoms with Crippen LogP contribution in [0.5, 0.6) is 0 Å². The van der Waals surface area contributed by atoms with Gasteiger partial charge in [0.2, 0.25) is 0 Å². The minimum atomic E-state index is 0.673. The first-order valence-electron chi connectivity index (χ1n) is 11.1. The predicted octanol–water partition coefficient (Wildman–Crippen LogP) is 4.11. The van der Waals surface area contributed by atoms with Gasteiger partial charge in [-0.15, -0.1) is 0 Å². The van der Waals surface area contributed by atoms with E-state index in [1.54, 1.807) is 0 Å². The van der Waals surface area contributed by atoms with Crippen LogP contribution in [0.1, 0.15) is 24.8 Å². The van der Waals surface area contributed by atoms with Gasteiger partial charge in [0.25, 0.3) is 0 Å². The second kappa shape index (κ2) is 7.88. The molecule has 1 aliphatic carbocycles. The first kappa shape index (κ1) is 18.2. The largest absolute Gasteiger partial charge is 0.371 e. The van der Waals surface area contributed by atoms with Crippen LogP contribution in [0.15, 0.2) is 60.7 Å². The molecule has 5 rings (SSSR count). The second-order valence-corrected chi connectivity index (χ2v) is 9.15. The van der Waals surface area contributed by atoms with Crippen LogP contribution in [0.3, 0.4) is 0 Å². The molecule has 1 unspecified atom stereocenters. The summed E-state index contributed by atoms with van der Waals surface area (Å²) in [4.78, 5) is 7.94. The lowest BCUT2D eigenvalue weighted by molar-refractivity contribution is 0.117. The maximum atomic E-state index is 2.74. The number of hydrogen-bond donors (Lipinski definition) is 0.